The van der Waals surface area contributed by atoms with Gasteiger partial charge >= 0.3 is 0 Å². The summed E-state index contributed by atoms with van der Waals surface area (Å²) in [6.45, 7) is 0. The van der Waals surface area contributed by atoms with Crippen molar-refractivity contribution in [3.63, 3.8) is 0 Å². The molecule has 1 aromatic rings. The van der Waals surface area contributed by atoms with Crippen molar-refractivity contribution in [2.75, 3.05) is 7.11 Å². The van der Waals surface area contributed by atoms with Crippen LogP contribution in [0.3, 0.4) is 0 Å². The van der Waals surface area contributed by atoms with Crippen LogP contribution in [0.1, 0.15) is 62.6 Å². The molecular formula is C13H18N2O3. The highest BCUT2D eigenvalue weighted by Crippen LogP contribution is 2.43. The molecule has 0 amide bonds. The molecule has 0 N–H and O–H groups in total. The zero-order valence-corrected chi connectivity index (χ0v) is 10.6. The van der Waals surface area contributed by atoms with Gasteiger partial charge in [0, 0.05) is 25.9 Å². The van der Waals surface area contributed by atoms with E-state index in [1.54, 1.807) is 7.11 Å². The number of carbonyl (C=O) groups excluding carboxylic acids is 1. The Morgan fingerprint density at radius 1 is 1.33 bits per heavy atom. The van der Waals surface area contributed by atoms with Crippen LogP contribution in [0, 0.1) is 0 Å². The van der Waals surface area contributed by atoms with Gasteiger partial charge in [0.1, 0.15) is 11.4 Å². The lowest BCUT2D eigenvalue weighted by molar-refractivity contribution is -0.120. The van der Waals surface area contributed by atoms with Crippen molar-refractivity contribution in [3.05, 3.63) is 11.7 Å². The molecule has 2 aliphatic carbocycles. The van der Waals surface area contributed by atoms with E-state index in [1.807, 2.05) is 0 Å². The summed E-state index contributed by atoms with van der Waals surface area (Å²) >= 11 is 0. The molecule has 0 saturated heterocycles. The molecule has 1 heterocycles. The standard InChI is InChI=1S/C13H18N2O3/c1-17-13(7-2-8-13)12-14-11(18-15-12)9-3-5-10(16)6-4-9/h9H,2-8H2,1H3. The number of Topliss-reactive ketones (excluding diaryl/α,β-unsaturated/α-hetero) is 1. The quantitative estimate of drug-likeness (QED) is 0.823. The molecule has 1 aromatic heterocycles. The third kappa shape index (κ3) is 1.86. The Balaban J connectivity index is 1.75. The maximum atomic E-state index is 11.2. The van der Waals surface area contributed by atoms with Crippen LogP contribution in [0.15, 0.2) is 4.52 Å². The lowest BCUT2D eigenvalue weighted by Crippen LogP contribution is -2.37. The fourth-order valence-electron chi connectivity index (χ4n) is 2.79. The molecule has 5 heteroatoms. The number of ketones is 1. The largest absolute Gasteiger partial charge is 0.370 e. The zero-order valence-electron chi connectivity index (χ0n) is 10.6. The molecule has 2 fully saturated rings. The molecule has 98 valence electrons. The Labute approximate surface area is 106 Å². The number of hydrogen-bond donors (Lipinski definition) is 0. The van der Waals surface area contributed by atoms with Gasteiger partial charge in [-0.05, 0) is 32.1 Å². The molecule has 3 rings (SSSR count). The Kier molecular flexibility index (Phi) is 2.93. The third-order valence-electron chi connectivity index (χ3n) is 4.29. The van der Waals surface area contributed by atoms with E-state index in [1.165, 1.54) is 0 Å². The normalized spacial score (nSPS) is 23.9. The summed E-state index contributed by atoms with van der Waals surface area (Å²) in [5.41, 5.74) is -0.313. The lowest BCUT2D eigenvalue weighted by Gasteiger charge is -2.37. The van der Waals surface area contributed by atoms with E-state index in [9.17, 15) is 4.79 Å². The SMILES string of the molecule is COC1(c2noc(C3CCC(=O)CC3)n2)CCC1. The number of methoxy groups -OCH3 is 1. The van der Waals surface area contributed by atoms with Crippen LogP contribution in [-0.4, -0.2) is 23.0 Å². The summed E-state index contributed by atoms with van der Waals surface area (Å²) in [5.74, 6) is 1.96. The Bertz CT molecular complexity index is 435. The van der Waals surface area contributed by atoms with Crippen LogP contribution in [0.5, 0.6) is 0 Å². The molecule has 0 atom stereocenters. The molecule has 18 heavy (non-hydrogen) atoms. The van der Waals surface area contributed by atoms with Gasteiger partial charge in [0.2, 0.25) is 11.7 Å². The highest BCUT2D eigenvalue weighted by Gasteiger charge is 2.43. The summed E-state index contributed by atoms with van der Waals surface area (Å²) in [6.07, 6.45) is 6.02. The maximum absolute atomic E-state index is 11.2. The Morgan fingerprint density at radius 2 is 2.06 bits per heavy atom. The van der Waals surface area contributed by atoms with E-state index in [0.717, 1.165) is 32.1 Å². The second-order valence-electron chi connectivity index (χ2n) is 5.32. The summed E-state index contributed by atoms with van der Waals surface area (Å²) in [4.78, 5) is 15.7. The molecule has 0 aromatic carbocycles. The highest BCUT2D eigenvalue weighted by molar-refractivity contribution is 5.79. The number of rotatable bonds is 3. The molecule has 2 aliphatic rings. The summed E-state index contributed by atoms with van der Waals surface area (Å²) in [6, 6.07) is 0. The average molecular weight is 250 g/mol. The predicted molar refractivity (Wildman–Crippen MR) is 63.1 cm³/mol. The van der Waals surface area contributed by atoms with Crippen LogP contribution in [0.25, 0.3) is 0 Å². The summed E-state index contributed by atoms with van der Waals surface area (Å²) in [7, 11) is 1.70. The van der Waals surface area contributed by atoms with Crippen molar-refractivity contribution in [1.29, 1.82) is 0 Å². The van der Waals surface area contributed by atoms with E-state index in [0.29, 0.717) is 30.3 Å². The van der Waals surface area contributed by atoms with Crippen LogP contribution >= 0.6 is 0 Å². The third-order valence-corrected chi connectivity index (χ3v) is 4.29. The van der Waals surface area contributed by atoms with E-state index in [4.69, 9.17) is 9.26 Å². The first-order chi connectivity index (χ1) is 8.73. The van der Waals surface area contributed by atoms with Crippen LogP contribution < -0.4 is 0 Å². The number of hydrogen-bond acceptors (Lipinski definition) is 5. The van der Waals surface area contributed by atoms with Gasteiger partial charge in [-0.2, -0.15) is 4.98 Å². The number of ether oxygens (including phenoxy) is 1. The first-order valence-electron chi connectivity index (χ1n) is 6.64. The van der Waals surface area contributed by atoms with Gasteiger partial charge in [0.15, 0.2) is 0 Å². The maximum Gasteiger partial charge on any atom is 0.229 e. The van der Waals surface area contributed by atoms with Crippen molar-refractivity contribution in [3.8, 4) is 0 Å². The molecule has 0 bridgehead atoms. The smallest absolute Gasteiger partial charge is 0.229 e. The Morgan fingerprint density at radius 3 is 2.61 bits per heavy atom. The van der Waals surface area contributed by atoms with E-state index in [2.05, 4.69) is 10.1 Å². The van der Waals surface area contributed by atoms with Crippen molar-refractivity contribution < 1.29 is 14.1 Å². The van der Waals surface area contributed by atoms with Crippen molar-refractivity contribution in [1.82, 2.24) is 10.1 Å². The van der Waals surface area contributed by atoms with E-state index in [-0.39, 0.29) is 11.5 Å². The van der Waals surface area contributed by atoms with Crippen molar-refractivity contribution in [2.45, 2.75) is 56.5 Å². The Hall–Kier alpha value is -1.23. The average Bonchev–Trinajstić information content (AvgIpc) is 2.79. The second-order valence-corrected chi connectivity index (χ2v) is 5.32. The monoisotopic (exact) mass is 250 g/mol. The molecular weight excluding hydrogens is 232 g/mol. The summed E-state index contributed by atoms with van der Waals surface area (Å²) in [5, 5.41) is 4.08. The fourth-order valence-corrected chi connectivity index (χ4v) is 2.79. The minimum atomic E-state index is -0.313. The van der Waals surface area contributed by atoms with Gasteiger partial charge in [-0.25, -0.2) is 0 Å². The molecule has 0 spiro atoms. The van der Waals surface area contributed by atoms with Gasteiger partial charge in [0.25, 0.3) is 0 Å². The second kappa shape index (κ2) is 4.46. The predicted octanol–water partition coefficient (Wildman–Crippen LogP) is 2.32. The van der Waals surface area contributed by atoms with Crippen LogP contribution in [0.4, 0.5) is 0 Å². The first-order valence-corrected chi connectivity index (χ1v) is 6.64. The van der Waals surface area contributed by atoms with Crippen molar-refractivity contribution in [2.24, 2.45) is 0 Å². The minimum Gasteiger partial charge on any atom is -0.370 e. The van der Waals surface area contributed by atoms with Gasteiger partial charge in [-0.1, -0.05) is 5.16 Å². The molecule has 2 saturated carbocycles. The van der Waals surface area contributed by atoms with Crippen LogP contribution in [-0.2, 0) is 15.1 Å². The topological polar surface area (TPSA) is 65.2 Å². The fraction of sp³-hybridized carbons (Fsp3) is 0.769. The van der Waals surface area contributed by atoms with Crippen molar-refractivity contribution >= 4 is 5.78 Å². The van der Waals surface area contributed by atoms with E-state index >= 15 is 0 Å². The molecule has 0 aliphatic heterocycles. The minimum absolute atomic E-state index is 0.248. The van der Waals surface area contributed by atoms with Gasteiger partial charge in [0.05, 0.1) is 0 Å². The van der Waals surface area contributed by atoms with Crippen LogP contribution in [0.2, 0.25) is 0 Å². The number of nitrogens with zero attached hydrogens (tertiary/aromatic N) is 2. The number of carbonyl (C=O) groups is 1. The number of aromatic nitrogens is 2. The molecule has 5 nitrogen and oxygen atoms in total. The van der Waals surface area contributed by atoms with E-state index < -0.39 is 0 Å². The van der Waals surface area contributed by atoms with Gasteiger partial charge in [-0.3, -0.25) is 4.79 Å². The molecule has 0 unspecified atom stereocenters. The highest BCUT2D eigenvalue weighted by atomic mass is 16.5. The lowest BCUT2D eigenvalue weighted by atomic mass is 9.79. The van der Waals surface area contributed by atoms with Gasteiger partial charge < -0.3 is 9.26 Å². The zero-order chi connectivity index (χ0) is 12.6. The molecule has 0 radical (unpaired) electrons. The summed E-state index contributed by atoms with van der Waals surface area (Å²) < 4.78 is 10.9. The first kappa shape index (κ1) is 11.8. The van der Waals surface area contributed by atoms with Gasteiger partial charge in [-0.15, -0.1) is 0 Å².